The molecule has 7 heteroatoms. The van der Waals surface area contributed by atoms with Crippen molar-refractivity contribution >= 4 is 27.5 Å². The van der Waals surface area contributed by atoms with Crippen LogP contribution in [-0.2, 0) is 0 Å². The van der Waals surface area contributed by atoms with Crippen molar-refractivity contribution in [1.29, 1.82) is 0 Å². The molecule has 0 saturated heterocycles. The van der Waals surface area contributed by atoms with Gasteiger partial charge in [0.15, 0.2) is 5.65 Å². The molecule has 196 valence electrons. The van der Waals surface area contributed by atoms with Gasteiger partial charge in [0.1, 0.15) is 0 Å². The van der Waals surface area contributed by atoms with E-state index >= 15 is 0 Å². The quantitative estimate of drug-likeness (QED) is 0.185. The normalized spacial score (nSPS) is 12.7. The van der Waals surface area contributed by atoms with Gasteiger partial charge in [-0.15, -0.1) is 0 Å². The molecule has 0 aliphatic heterocycles. The number of aromatic amines is 2. The molecule has 0 amide bonds. The zero-order chi connectivity index (χ0) is 27.6. The molecule has 0 fully saturated rings. The first-order valence-electron chi connectivity index (χ1n) is 12.9. The number of fused-ring (bicyclic) bond motifs is 2. The highest BCUT2D eigenvalue weighted by Crippen LogP contribution is 2.33. The second kappa shape index (κ2) is 10.5. The Labute approximate surface area is 228 Å². The van der Waals surface area contributed by atoms with E-state index in [1.807, 2.05) is 49.8 Å². The van der Waals surface area contributed by atoms with Gasteiger partial charge in [0, 0.05) is 63.6 Å². The minimum atomic E-state index is 0.143. The molecular formula is C32H33N7. The Bertz CT molecular complexity index is 1730. The first kappa shape index (κ1) is 25.9. The van der Waals surface area contributed by atoms with Gasteiger partial charge in [-0.3, -0.25) is 15.1 Å². The van der Waals surface area contributed by atoms with E-state index in [1.54, 1.807) is 6.20 Å². The summed E-state index contributed by atoms with van der Waals surface area (Å²) < 4.78 is 0. The second-order valence-corrected chi connectivity index (χ2v) is 10.8. The summed E-state index contributed by atoms with van der Waals surface area (Å²) >= 11 is 0. The van der Waals surface area contributed by atoms with Crippen LogP contribution in [0, 0.1) is 5.41 Å². The number of nitrogens with one attached hydrogen (secondary N) is 3. The summed E-state index contributed by atoms with van der Waals surface area (Å²) in [5.41, 5.74) is 9.23. The van der Waals surface area contributed by atoms with E-state index in [4.69, 9.17) is 0 Å². The summed E-state index contributed by atoms with van der Waals surface area (Å²) in [7, 11) is 0. The monoisotopic (exact) mass is 515 g/mol. The lowest BCUT2D eigenvalue weighted by atomic mass is 9.91. The summed E-state index contributed by atoms with van der Waals surface area (Å²) in [5, 5.41) is 13.0. The van der Waals surface area contributed by atoms with Crippen molar-refractivity contribution in [2.75, 3.05) is 0 Å². The highest BCUT2D eigenvalue weighted by molar-refractivity contribution is 5.99. The molecule has 5 aromatic rings. The third-order valence-corrected chi connectivity index (χ3v) is 6.40. The fraction of sp³-hybridized carbons (Fsp3) is 0.188. The van der Waals surface area contributed by atoms with Crippen molar-refractivity contribution in [3.05, 3.63) is 103 Å². The fourth-order valence-corrected chi connectivity index (χ4v) is 4.72. The van der Waals surface area contributed by atoms with Gasteiger partial charge < -0.3 is 10.3 Å². The van der Waals surface area contributed by atoms with Gasteiger partial charge >= 0.3 is 0 Å². The molecule has 5 rings (SSSR count). The van der Waals surface area contributed by atoms with Crippen LogP contribution in [0.25, 0.3) is 50.2 Å². The van der Waals surface area contributed by atoms with Crippen LogP contribution in [0.5, 0.6) is 0 Å². The Kier molecular flexibility index (Phi) is 6.98. The lowest BCUT2D eigenvalue weighted by molar-refractivity contribution is 0.403. The lowest BCUT2D eigenvalue weighted by Gasteiger charge is -2.21. The first-order valence-corrected chi connectivity index (χ1v) is 12.9. The van der Waals surface area contributed by atoms with Gasteiger partial charge in [-0.25, -0.2) is 4.98 Å². The fourth-order valence-electron chi connectivity index (χ4n) is 4.72. The number of hydrogen-bond donors (Lipinski definition) is 3. The van der Waals surface area contributed by atoms with E-state index in [0.29, 0.717) is 5.65 Å². The summed E-state index contributed by atoms with van der Waals surface area (Å²) in [6.45, 7) is 16.8. The highest BCUT2D eigenvalue weighted by Gasteiger charge is 2.16. The van der Waals surface area contributed by atoms with Gasteiger partial charge in [-0.1, -0.05) is 40.0 Å². The Balaban J connectivity index is 1.51. The molecule has 5 aromatic heterocycles. The van der Waals surface area contributed by atoms with E-state index < -0.39 is 0 Å². The number of hydrogen-bond acceptors (Lipinski definition) is 5. The Hall–Kier alpha value is -4.78. The molecule has 7 nitrogen and oxygen atoms in total. The molecule has 0 aliphatic carbocycles. The molecule has 39 heavy (non-hydrogen) atoms. The molecule has 0 bridgehead atoms. The summed E-state index contributed by atoms with van der Waals surface area (Å²) in [6.07, 6.45) is 14.0. The topological polar surface area (TPSA) is 95.2 Å². The minimum Gasteiger partial charge on any atom is -0.359 e. The zero-order valence-electron chi connectivity index (χ0n) is 22.8. The van der Waals surface area contributed by atoms with Crippen LogP contribution in [-0.4, -0.2) is 30.1 Å². The maximum absolute atomic E-state index is 4.65. The molecule has 0 saturated carbocycles. The maximum atomic E-state index is 4.65. The van der Waals surface area contributed by atoms with E-state index in [9.17, 15) is 0 Å². The molecular weight excluding hydrogens is 482 g/mol. The Morgan fingerprint density at radius 2 is 1.92 bits per heavy atom. The molecule has 0 spiro atoms. The summed E-state index contributed by atoms with van der Waals surface area (Å²) in [4.78, 5) is 17.1. The largest absolute Gasteiger partial charge is 0.359 e. The number of rotatable bonds is 8. The van der Waals surface area contributed by atoms with E-state index in [2.05, 4.69) is 93.7 Å². The van der Waals surface area contributed by atoms with Gasteiger partial charge in [-0.2, -0.15) is 5.10 Å². The first-order chi connectivity index (χ1) is 18.8. The molecule has 0 atom stereocenters. The molecule has 0 aliphatic rings. The van der Waals surface area contributed by atoms with Gasteiger partial charge in [0.05, 0.1) is 17.1 Å². The van der Waals surface area contributed by atoms with Crippen LogP contribution in [0.4, 0.5) is 0 Å². The highest BCUT2D eigenvalue weighted by atomic mass is 15.2. The summed E-state index contributed by atoms with van der Waals surface area (Å²) in [6, 6.07) is 10.1. The third-order valence-electron chi connectivity index (χ3n) is 6.40. The summed E-state index contributed by atoms with van der Waals surface area (Å²) in [5.74, 6) is 0. The van der Waals surface area contributed by atoms with Crippen molar-refractivity contribution in [2.45, 2.75) is 34.1 Å². The third kappa shape index (κ3) is 5.57. The van der Waals surface area contributed by atoms with E-state index in [1.165, 1.54) is 0 Å². The van der Waals surface area contributed by atoms with Gasteiger partial charge in [0.25, 0.3) is 0 Å². The molecule has 5 heterocycles. The maximum Gasteiger partial charge on any atom is 0.181 e. The minimum absolute atomic E-state index is 0.143. The Morgan fingerprint density at radius 3 is 2.64 bits per heavy atom. The van der Waals surface area contributed by atoms with Crippen molar-refractivity contribution < 1.29 is 0 Å². The number of allylic oxidation sites excluding steroid dienone is 5. The zero-order valence-corrected chi connectivity index (χ0v) is 22.8. The molecule has 0 radical (unpaired) electrons. The van der Waals surface area contributed by atoms with Crippen molar-refractivity contribution in [1.82, 2.24) is 35.5 Å². The lowest BCUT2D eigenvalue weighted by Crippen LogP contribution is -2.16. The van der Waals surface area contributed by atoms with Gasteiger partial charge in [-0.05, 0) is 66.8 Å². The molecule has 3 N–H and O–H groups in total. The predicted molar refractivity (Wildman–Crippen MR) is 160 cm³/mol. The molecule has 0 aromatic carbocycles. The van der Waals surface area contributed by atoms with Crippen LogP contribution >= 0.6 is 0 Å². The molecule has 0 unspecified atom stereocenters. The number of H-pyrrole nitrogens is 2. The van der Waals surface area contributed by atoms with Crippen LogP contribution in [0.3, 0.4) is 0 Å². The average Bonchev–Trinajstić information content (AvgIpc) is 3.54. The van der Waals surface area contributed by atoms with Crippen LogP contribution in [0.2, 0.25) is 0 Å². The Morgan fingerprint density at radius 1 is 1.08 bits per heavy atom. The van der Waals surface area contributed by atoms with Crippen LogP contribution < -0.4 is 5.32 Å². The second-order valence-electron chi connectivity index (χ2n) is 10.8. The predicted octanol–water partition coefficient (Wildman–Crippen LogP) is 7.58. The standard InChI is InChI=1S/C32H33N7/c1-7-21(14-24(8-2)36-20(3)17-32(4,5)6)23-15-26-30(38-39-31(26)35-19-23)28-16-25-27(37-28)11-13-34-29(25)22-10-9-12-33-18-22/h7-16,18-19,36-37H,2-3,17H2,1,4-6H3,(H,35,38,39)/b21-7+,24-14+. The van der Waals surface area contributed by atoms with Crippen molar-refractivity contribution in [3.63, 3.8) is 0 Å². The van der Waals surface area contributed by atoms with Crippen molar-refractivity contribution in [2.24, 2.45) is 5.41 Å². The van der Waals surface area contributed by atoms with E-state index in [0.717, 1.165) is 67.9 Å². The number of pyridine rings is 3. The van der Waals surface area contributed by atoms with E-state index in [-0.39, 0.29) is 5.41 Å². The van der Waals surface area contributed by atoms with Crippen LogP contribution in [0.1, 0.15) is 39.7 Å². The van der Waals surface area contributed by atoms with Gasteiger partial charge in [0.2, 0.25) is 0 Å². The number of aromatic nitrogens is 6. The van der Waals surface area contributed by atoms with Crippen LogP contribution in [0.15, 0.2) is 97.9 Å². The van der Waals surface area contributed by atoms with Crippen molar-refractivity contribution in [3.8, 4) is 22.6 Å². The SMILES string of the molecule is C=C/C(=C\C(=C/C)c1cnc2n[nH]c(-c3cc4c(-c5cccnc5)nccc4[nH]3)c2c1)NC(=C)CC(C)(C)C. The average molecular weight is 516 g/mol. The smallest absolute Gasteiger partial charge is 0.181 e. The number of nitrogens with zero attached hydrogens (tertiary/aromatic N) is 4.